The molecule has 6 aliphatic rings. The zero-order valence-corrected chi connectivity index (χ0v) is 32.7. The number of nitrogens with zero attached hydrogens (tertiary/aromatic N) is 1. The van der Waals surface area contributed by atoms with Crippen LogP contribution in [0.25, 0.3) is 22.3 Å². The molecule has 2 nitrogen and oxygen atoms in total. The minimum Gasteiger partial charge on any atom is -0.457 e. The van der Waals surface area contributed by atoms with Crippen molar-refractivity contribution < 1.29 is 4.74 Å². The lowest BCUT2D eigenvalue weighted by Gasteiger charge is -2.49. The van der Waals surface area contributed by atoms with Crippen molar-refractivity contribution in [1.29, 1.82) is 0 Å². The summed E-state index contributed by atoms with van der Waals surface area (Å²) < 4.78 is 7.13. The number of para-hydroxylation sites is 1. The maximum Gasteiger partial charge on any atom is 0.133 e. The number of rotatable bonds is 5. The average Bonchev–Trinajstić information content (AvgIpc) is 3.62. The van der Waals surface area contributed by atoms with Gasteiger partial charge in [0.15, 0.2) is 0 Å². The van der Waals surface area contributed by atoms with Gasteiger partial charge in [-0.05, 0) is 137 Å². The van der Waals surface area contributed by atoms with Crippen molar-refractivity contribution in [2.45, 2.75) is 82.5 Å². The van der Waals surface area contributed by atoms with E-state index >= 15 is 0 Å². The molecule has 55 heavy (non-hydrogen) atoms. The molecule has 1 spiro atoms. The summed E-state index contributed by atoms with van der Waals surface area (Å²) in [6, 6.07) is 52.5. The van der Waals surface area contributed by atoms with Crippen LogP contribution in [0.5, 0.6) is 11.5 Å². The first-order valence-corrected chi connectivity index (χ1v) is 20.8. The van der Waals surface area contributed by atoms with Crippen molar-refractivity contribution in [3.8, 4) is 33.8 Å². The maximum atomic E-state index is 7.13. The Kier molecular flexibility index (Phi) is 7.23. The van der Waals surface area contributed by atoms with Crippen LogP contribution in [-0.2, 0) is 16.2 Å². The van der Waals surface area contributed by atoms with Gasteiger partial charge in [-0.2, -0.15) is 0 Å². The Morgan fingerprint density at radius 2 is 1.16 bits per heavy atom. The molecule has 6 aromatic rings. The van der Waals surface area contributed by atoms with Gasteiger partial charge in [0, 0.05) is 39.5 Å². The molecule has 2 heteroatoms. The molecule has 0 N–H and O–H groups in total. The molecule has 5 atom stereocenters. The Morgan fingerprint density at radius 3 is 1.91 bits per heavy atom. The molecule has 0 saturated heterocycles. The molecule has 12 rings (SSSR count). The van der Waals surface area contributed by atoms with Crippen molar-refractivity contribution in [3.63, 3.8) is 0 Å². The van der Waals surface area contributed by atoms with Gasteiger partial charge >= 0.3 is 0 Å². The summed E-state index contributed by atoms with van der Waals surface area (Å²) in [6.07, 6.45) is 7.81. The second kappa shape index (κ2) is 12.0. The third kappa shape index (κ3) is 4.92. The molecule has 4 saturated carbocycles. The summed E-state index contributed by atoms with van der Waals surface area (Å²) >= 11 is 0. The van der Waals surface area contributed by atoms with Crippen molar-refractivity contribution >= 4 is 17.1 Å². The predicted octanol–water partition coefficient (Wildman–Crippen LogP) is 14.3. The first-order chi connectivity index (χ1) is 26.7. The van der Waals surface area contributed by atoms with Crippen LogP contribution < -0.4 is 9.64 Å². The SMILES string of the molecule is CC1(C)CCC(C)(C)c2cc(N(c3ccc(-c4ccccc4)cc3)c3cc4c(cc3-c3ccccc3)C3(c5ccccc5O4)C4CC5CC(C4)C3C5)ccc21. The summed E-state index contributed by atoms with van der Waals surface area (Å²) in [7, 11) is 0. The van der Waals surface area contributed by atoms with E-state index in [1.807, 2.05) is 0 Å². The van der Waals surface area contributed by atoms with Gasteiger partial charge in [-0.15, -0.1) is 0 Å². The van der Waals surface area contributed by atoms with E-state index in [1.165, 1.54) is 88.7 Å². The number of ether oxygens (including phenoxy) is 1. The van der Waals surface area contributed by atoms with Gasteiger partial charge in [-0.25, -0.2) is 0 Å². The number of benzene rings is 6. The van der Waals surface area contributed by atoms with E-state index in [0.29, 0.717) is 11.8 Å². The minimum atomic E-state index is -0.00646. The molecule has 4 fully saturated rings. The van der Waals surface area contributed by atoms with E-state index in [4.69, 9.17) is 4.74 Å². The molecule has 4 bridgehead atoms. The molecular formula is C53H51NO. The van der Waals surface area contributed by atoms with Crippen LogP contribution >= 0.6 is 0 Å². The Labute approximate surface area is 327 Å². The third-order valence-corrected chi connectivity index (χ3v) is 15.0. The van der Waals surface area contributed by atoms with Crippen LogP contribution in [0.3, 0.4) is 0 Å². The van der Waals surface area contributed by atoms with E-state index in [-0.39, 0.29) is 16.2 Å². The normalized spacial score (nSPS) is 25.9. The van der Waals surface area contributed by atoms with Gasteiger partial charge in [0.05, 0.1) is 5.69 Å². The van der Waals surface area contributed by atoms with Crippen LogP contribution in [0, 0.1) is 23.7 Å². The van der Waals surface area contributed by atoms with Gasteiger partial charge < -0.3 is 9.64 Å². The highest BCUT2D eigenvalue weighted by molar-refractivity contribution is 5.91. The highest BCUT2D eigenvalue weighted by Gasteiger charge is 2.65. The number of anilines is 3. The van der Waals surface area contributed by atoms with Crippen molar-refractivity contribution in [3.05, 3.63) is 162 Å². The van der Waals surface area contributed by atoms with Gasteiger partial charge in [0.2, 0.25) is 0 Å². The first-order valence-electron chi connectivity index (χ1n) is 20.8. The lowest BCUT2D eigenvalue weighted by molar-refractivity contribution is 0.173. The molecule has 0 amide bonds. The average molecular weight is 718 g/mol. The topological polar surface area (TPSA) is 12.5 Å². The number of hydrogen-bond acceptors (Lipinski definition) is 2. The molecular weight excluding hydrogens is 667 g/mol. The second-order valence-corrected chi connectivity index (χ2v) is 18.8. The van der Waals surface area contributed by atoms with E-state index in [9.17, 15) is 0 Å². The van der Waals surface area contributed by atoms with Crippen LogP contribution in [-0.4, -0.2) is 0 Å². The highest BCUT2D eigenvalue weighted by Crippen LogP contribution is 2.73. The van der Waals surface area contributed by atoms with E-state index in [2.05, 4.69) is 172 Å². The van der Waals surface area contributed by atoms with Crippen LogP contribution in [0.1, 0.15) is 88.5 Å². The largest absolute Gasteiger partial charge is 0.457 e. The van der Waals surface area contributed by atoms with E-state index in [0.717, 1.165) is 34.7 Å². The molecule has 1 aliphatic heterocycles. The molecule has 5 aliphatic carbocycles. The fourth-order valence-electron chi connectivity index (χ4n) is 12.4. The van der Waals surface area contributed by atoms with Gasteiger partial charge in [0.1, 0.15) is 11.5 Å². The predicted molar refractivity (Wildman–Crippen MR) is 227 cm³/mol. The van der Waals surface area contributed by atoms with E-state index < -0.39 is 0 Å². The summed E-state index contributed by atoms with van der Waals surface area (Å²) in [4.78, 5) is 2.53. The van der Waals surface area contributed by atoms with Crippen molar-refractivity contribution in [2.24, 2.45) is 23.7 Å². The fraction of sp³-hybridized carbons (Fsp3) is 0.321. The van der Waals surface area contributed by atoms with Crippen molar-refractivity contribution in [2.75, 3.05) is 4.90 Å². The lowest BCUT2D eigenvalue weighted by atomic mass is 9.56. The van der Waals surface area contributed by atoms with Crippen LogP contribution in [0.4, 0.5) is 17.1 Å². The Balaban J connectivity index is 1.17. The zero-order chi connectivity index (χ0) is 37.1. The molecule has 0 aromatic heterocycles. The van der Waals surface area contributed by atoms with Gasteiger partial charge in [-0.3, -0.25) is 0 Å². The Bertz CT molecular complexity index is 2440. The standard InChI is InChI=1S/C53H51NO/c1-51(2)25-26-52(3,4)46-31-41(23-24-43(46)51)54(40-21-19-36(20-22-40)35-13-7-5-8-14-35)48-33-50-47(32-42(48)37-15-9-6-10-16-37)53(44-17-11-12-18-49(44)55-50)39-28-34-27-38(30-39)45(53)29-34/h5-24,31-34,38-39,45H,25-30H2,1-4H3. The summed E-state index contributed by atoms with van der Waals surface area (Å²) in [5.74, 6) is 5.11. The quantitative estimate of drug-likeness (QED) is 0.176. The van der Waals surface area contributed by atoms with Crippen molar-refractivity contribution in [1.82, 2.24) is 0 Å². The van der Waals surface area contributed by atoms with Crippen LogP contribution in [0.15, 0.2) is 140 Å². The molecule has 5 unspecified atom stereocenters. The Morgan fingerprint density at radius 1 is 0.509 bits per heavy atom. The summed E-state index contributed by atoms with van der Waals surface area (Å²) in [6.45, 7) is 9.72. The van der Waals surface area contributed by atoms with Gasteiger partial charge in [-0.1, -0.05) is 125 Å². The maximum absolute atomic E-state index is 7.13. The molecule has 0 radical (unpaired) electrons. The number of fused-ring (bicyclic) bond motifs is 3. The summed E-state index contributed by atoms with van der Waals surface area (Å²) in [5, 5.41) is 0. The summed E-state index contributed by atoms with van der Waals surface area (Å²) in [5.41, 5.74) is 14.5. The highest BCUT2D eigenvalue weighted by atomic mass is 16.5. The monoisotopic (exact) mass is 717 g/mol. The minimum absolute atomic E-state index is 0.00646. The second-order valence-electron chi connectivity index (χ2n) is 18.8. The molecule has 274 valence electrons. The fourth-order valence-corrected chi connectivity index (χ4v) is 12.4. The smallest absolute Gasteiger partial charge is 0.133 e. The first kappa shape index (κ1) is 33.3. The lowest BCUT2D eigenvalue weighted by Crippen LogP contribution is -2.44. The third-order valence-electron chi connectivity index (χ3n) is 15.0. The Hall–Kier alpha value is -5.08. The zero-order valence-electron chi connectivity index (χ0n) is 32.7. The number of hydrogen-bond donors (Lipinski definition) is 0. The molecule has 1 heterocycles. The van der Waals surface area contributed by atoms with Gasteiger partial charge in [0.25, 0.3) is 0 Å². The van der Waals surface area contributed by atoms with Crippen LogP contribution in [0.2, 0.25) is 0 Å². The van der Waals surface area contributed by atoms with E-state index in [1.54, 1.807) is 0 Å². The molecule has 6 aromatic carbocycles.